The van der Waals surface area contributed by atoms with Gasteiger partial charge in [-0.3, -0.25) is 4.79 Å². The van der Waals surface area contributed by atoms with E-state index < -0.39 is 0 Å². The molecule has 82 valence electrons. The number of likely N-dealkylation sites (N-methyl/N-ethyl adjacent to an activating group) is 1. The SMILES string of the molecule is CCc1ccc(C(=O)C(CC)NC)cc1. The minimum absolute atomic E-state index is 0.0579. The minimum Gasteiger partial charge on any atom is -0.310 e. The van der Waals surface area contributed by atoms with Gasteiger partial charge in [0.1, 0.15) is 0 Å². The second-order valence-electron chi connectivity index (χ2n) is 3.66. The summed E-state index contributed by atoms with van der Waals surface area (Å²) in [4.78, 5) is 11.9. The summed E-state index contributed by atoms with van der Waals surface area (Å²) in [5, 5.41) is 3.03. The highest BCUT2D eigenvalue weighted by molar-refractivity contribution is 6.00. The molecule has 0 aromatic heterocycles. The quantitative estimate of drug-likeness (QED) is 0.748. The van der Waals surface area contributed by atoms with Crippen LogP contribution in [0.25, 0.3) is 0 Å². The van der Waals surface area contributed by atoms with Crippen LogP contribution >= 0.6 is 0 Å². The first-order valence-electron chi connectivity index (χ1n) is 5.53. The normalized spacial score (nSPS) is 12.5. The first-order chi connectivity index (χ1) is 7.22. The van der Waals surface area contributed by atoms with Gasteiger partial charge in [0.15, 0.2) is 5.78 Å². The molecule has 0 saturated heterocycles. The number of carbonyl (C=O) groups excluding carboxylic acids is 1. The molecule has 0 bridgehead atoms. The molecule has 0 heterocycles. The topological polar surface area (TPSA) is 29.1 Å². The van der Waals surface area contributed by atoms with Crippen LogP contribution in [0.3, 0.4) is 0 Å². The molecular formula is C13H19NO. The van der Waals surface area contributed by atoms with Gasteiger partial charge >= 0.3 is 0 Å². The first kappa shape index (κ1) is 11.9. The fraction of sp³-hybridized carbons (Fsp3) is 0.462. The van der Waals surface area contributed by atoms with E-state index in [0.29, 0.717) is 0 Å². The molecule has 1 unspecified atom stereocenters. The Bertz CT molecular complexity index is 312. The van der Waals surface area contributed by atoms with Crippen molar-refractivity contribution in [2.24, 2.45) is 0 Å². The molecular weight excluding hydrogens is 186 g/mol. The van der Waals surface area contributed by atoms with E-state index in [1.807, 2.05) is 38.2 Å². The van der Waals surface area contributed by atoms with E-state index >= 15 is 0 Å². The highest BCUT2D eigenvalue weighted by Gasteiger charge is 2.15. The summed E-state index contributed by atoms with van der Waals surface area (Å²) < 4.78 is 0. The fourth-order valence-electron chi connectivity index (χ4n) is 1.63. The molecule has 0 aliphatic carbocycles. The average molecular weight is 205 g/mol. The average Bonchev–Trinajstić information content (AvgIpc) is 2.30. The summed E-state index contributed by atoms with van der Waals surface area (Å²) in [6.45, 7) is 4.12. The maximum absolute atomic E-state index is 11.9. The number of hydrogen-bond acceptors (Lipinski definition) is 2. The Hall–Kier alpha value is -1.15. The van der Waals surface area contributed by atoms with Crippen molar-refractivity contribution in [1.82, 2.24) is 5.32 Å². The van der Waals surface area contributed by atoms with Gasteiger partial charge in [-0.25, -0.2) is 0 Å². The van der Waals surface area contributed by atoms with Gasteiger partial charge in [0.05, 0.1) is 6.04 Å². The number of ketones is 1. The van der Waals surface area contributed by atoms with E-state index in [9.17, 15) is 4.79 Å². The molecule has 2 nitrogen and oxygen atoms in total. The van der Waals surface area contributed by atoms with Crippen molar-refractivity contribution in [1.29, 1.82) is 0 Å². The molecule has 1 aromatic carbocycles. The van der Waals surface area contributed by atoms with Gasteiger partial charge in [-0.1, -0.05) is 38.1 Å². The van der Waals surface area contributed by atoms with Crippen molar-refractivity contribution in [2.75, 3.05) is 7.05 Å². The Kier molecular flexibility index (Phi) is 4.50. The molecule has 1 N–H and O–H groups in total. The fourth-order valence-corrected chi connectivity index (χ4v) is 1.63. The highest BCUT2D eigenvalue weighted by Crippen LogP contribution is 2.09. The predicted molar refractivity (Wildman–Crippen MR) is 63.3 cm³/mol. The van der Waals surface area contributed by atoms with Crippen molar-refractivity contribution in [3.63, 3.8) is 0 Å². The number of benzene rings is 1. The third-order valence-electron chi connectivity index (χ3n) is 2.72. The van der Waals surface area contributed by atoms with Crippen LogP contribution in [0, 0.1) is 0 Å². The number of hydrogen-bond donors (Lipinski definition) is 1. The lowest BCUT2D eigenvalue weighted by Crippen LogP contribution is -2.33. The van der Waals surface area contributed by atoms with Crippen LogP contribution in [-0.4, -0.2) is 18.9 Å². The van der Waals surface area contributed by atoms with E-state index in [-0.39, 0.29) is 11.8 Å². The number of Topliss-reactive ketones (excluding diaryl/α,β-unsaturated/α-hetero) is 1. The van der Waals surface area contributed by atoms with E-state index in [2.05, 4.69) is 12.2 Å². The van der Waals surface area contributed by atoms with Crippen LogP contribution in [0.5, 0.6) is 0 Å². The lowest BCUT2D eigenvalue weighted by atomic mass is 10.0. The second-order valence-corrected chi connectivity index (χ2v) is 3.66. The number of nitrogens with one attached hydrogen (secondary N) is 1. The van der Waals surface area contributed by atoms with Crippen LogP contribution in [0.4, 0.5) is 0 Å². The summed E-state index contributed by atoms with van der Waals surface area (Å²) in [6, 6.07) is 7.82. The Balaban J connectivity index is 2.82. The van der Waals surface area contributed by atoms with Gasteiger partial charge < -0.3 is 5.32 Å². The van der Waals surface area contributed by atoms with Crippen LogP contribution in [0.1, 0.15) is 36.2 Å². The monoisotopic (exact) mass is 205 g/mol. The predicted octanol–water partition coefficient (Wildman–Crippen LogP) is 2.43. The summed E-state index contributed by atoms with van der Waals surface area (Å²) in [5.74, 6) is 0.183. The van der Waals surface area contributed by atoms with E-state index in [4.69, 9.17) is 0 Å². The molecule has 2 heteroatoms. The number of aryl methyl sites for hydroxylation is 1. The molecule has 0 radical (unpaired) electrons. The van der Waals surface area contributed by atoms with Gasteiger partial charge in [-0.2, -0.15) is 0 Å². The van der Waals surface area contributed by atoms with Crippen molar-refractivity contribution in [3.8, 4) is 0 Å². The van der Waals surface area contributed by atoms with Crippen molar-refractivity contribution in [2.45, 2.75) is 32.7 Å². The third-order valence-corrected chi connectivity index (χ3v) is 2.72. The summed E-state index contributed by atoms with van der Waals surface area (Å²) in [7, 11) is 1.83. The molecule has 1 atom stereocenters. The van der Waals surface area contributed by atoms with Crippen molar-refractivity contribution < 1.29 is 4.79 Å². The van der Waals surface area contributed by atoms with E-state index in [0.717, 1.165) is 18.4 Å². The third kappa shape index (κ3) is 2.90. The molecule has 1 rings (SSSR count). The Morgan fingerprint density at radius 1 is 1.27 bits per heavy atom. The maximum Gasteiger partial charge on any atom is 0.179 e. The Morgan fingerprint density at radius 3 is 2.27 bits per heavy atom. The zero-order valence-corrected chi connectivity index (χ0v) is 9.71. The summed E-state index contributed by atoms with van der Waals surface area (Å²) in [6.07, 6.45) is 1.84. The minimum atomic E-state index is -0.0579. The van der Waals surface area contributed by atoms with Crippen LogP contribution < -0.4 is 5.32 Å². The molecule has 0 aliphatic heterocycles. The lowest BCUT2D eigenvalue weighted by Gasteiger charge is -2.12. The molecule has 15 heavy (non-hydrogen) atoms. The van der Waals surface area contributed by atoms with Crippen LogP contribution in [0.15, 0.2) is 24.3 Å². The van der Waals surface area contributed by atoms with Gasteiger partial charge in [-0.15, -0.1) is 0 Å². The lowest BCUT2D eigenvalue weighted by molar-refractivity contribution is 0.0945. The molecule has 0 fully saturated rings. The van der Waals surface area contributed by atoms with Gasteiger partial charge in [0.25, 0.3) is 0 Å². The highest BCUT2D eigenvalue weighted by atomic mass is 16.1. The maximum atomic E-state index is 11.9. The van der Waals surface area contributed by atoms with Crippen molar-refractivity contribution in [3.05, 3.63) is 35.4 Å². The summed E-state index contributed by atoms with van der Waals surface area (Å²) in [5.41, 5.74) is 2.07. The molecule has 0 saturated carbocycles. The summed E-state index contributed by atoms with van der Waals surface area (Å²) >= 11 is 0. The zero-order chi connectivity index (χ0) is 11.3. The smallest absolute Gasteiger partial charge is 0.179 e. The molecule has 0 amide bonds. The van der Waals surface area contributed by atoms with Crippen LogP contribution in [0.2, 0.25) is 0 Å². The Morgan fingerprint density at radius 2 is 1.87 bits per heavy atom. The first-order valence-corrected chi connectivity index (χ1v) is 5.53. The van der Waals surface area contributed by atoms with E-state index in [1.165, 1.54) is 5.56 Å². The zero-order valence-electron chi connectivity index (χ0n) is 9.71. The van der Waals surface area contributed by atoms with Gasteiger partial charge in [0.2, 0.25) is 0 Å². The molecule has 0 aliphatic rings. The molecule has 1 aromatic rings. The largest absolute Gasteiger partial charge is 0.310 e. The van der Waals surface area contributed by atoms with Gasteiger partial charge in [0, 0.05) is 5.56 Å². The standard InChI is InChI=1S/C13H19NO/c1-4-10-6-8-11(9-7-10)13(15)12(5-2)14-3/h6-9,12,14H,4-5H2,1-3H3. The Labute approximate surface area is 91.7 Å². The van der Waals surface area contributed by atoms with Crippen LogP contribution in [-0.2, 0) is 6.42 Å². The second kappa shape index (κ2) is 5.66. The number of rotatable bonds is 5. The number of carbonyl (C=O) groups is 1. The van der Waals surface area contributed by atoms with Gasteiger partial charge in [-0.05, 0) is 25.5 Å². The van der Waals surface area contributed by atoms with Crippen molar-refractivity contribution >= 4 is 5.78 Å². The van der Waals surface area contributed by atoms with E-state index in [1.54, 1.807) is 0 Å². The molecule has 0 spiro atoms.